The van der Waals surface area contributed by atoms with Gasteiger partial charge in [-0.3, -0.25) is 9.69 Å². The van der Waals surface area contributed by atoms with E-state index in [0.29, 0.717) is 25.6 Å². The van der Waals surface area contributed by atoms with Crippen LogP contribution in [0, 0.1) is 5.82 Å². The molecule has 1 amide bonds. The summed E-state index contributed by atoms with van der Waals surface area (Å²) in [4.78, 5) is 15.9. The molecule has 0 N–H and O–H groups in total. The van der Waals surface area contributed by atoms with Gasteiger partial charge in [0.1, 0.15) is 5.82 Å². The molecule has 1 atom stereocenters. The van der Waals surface area contributed by atoms with Crippen molar-refractivity contribution in [1.82, 2.24) is 9.80 Å². The second-order valence-electron chi connectivity index (χ2n) is 6.23. The van der Waals surface area contributed by atoms with E-state index in [9.17, 15) is 22.4 Å². The highest BCUT2D eigenvalue weighted by Gasteiger charge is 2.34. The molecule has 0 bridgehead atoms. The number of piperazine rings is 1. The number of unbranched alkanes of at least 4 members (excludes halogenated alkanes) is 1. The van der Waals surface area contributed by atoms with Crippen LogP contribution in [0.4, 0.5) is 17.6 Å². The Morgan fingerprint density at radius 2 is 1.92 bits per heavy atom. The average molecular weight is 346 g/mol. The highest BCUT2D eigenvalue weighted by Crippen LogP contribution is 2.31. The Balaban J connectivity index is 2.21. The maximum absolute atomic E-state index is 13.6. The molecule has 1 aromatic rings. The average Bonchev–Trinajstić information content (AvgIpc) is 2.49. The van der Waals surface area contributed by atoms with Crippen LogP contribution in [0.3, 0.4) is 0 Å². The van der Waals surface area contributed by atoms with E-state index in [0.717, 1.165) is 25.0 Å². The second-order valence-corrected chi connectivity index (χ2v) is 6.23. The van der Waals surface area contributed by atoms with Gasteiger partial charge in [0.25, 0.3) is 0 Å². The zero-order valence-corrected chi connectivity index (χ0v) is 13.9. The fraction of sp³-hybridized carbons (Fsp3) is 0.588. The molecule has 24 heavy (non-hydrogen) atoms. The van der Waals surface area contributed by atoms with Crippen LogP contribution in [0.2, 0.25) is 0 Å². The van der Waals surface area contributed by atoms with Gasteiger partial charge >= 0.3 is 6.18 Å². The Labute approximate surface area is 139 Å². The smallest absolute Gasteiger partial charge is 0.343 e. The summed E-state index contributed by atoms with van der Waals surface area (Å²) in [6, 6.07) is 2.20. The zero-order chi connectivity index (χ0) is 17.9. The van der Waals surface area contributed by atoms with E-state index in [2.05, 4.69) is 0 Å². The Kier molecular flexibility index (Phi) is 5.85. The molecule has 0 spiro atoms. The van der Waals surface area contributed by atoms with Gasteiger partial charge < -0.3 is 4.90 Å². The SMILES string of the molecule is CCCC[C@H]1C(=O)N(C)CCN1Cc1cc(F)cc(C(F)(F)F)c1. The molecule has 134 valence electrons. The lowest BCUT2D eigenvalue weighted by Crippen LogP contribution is -2.55. The van der Waals surface area contributed by atoms with Crippen molar-refractivity contribution in [3.05, 3.63) is 35.1 Å². The fourth-order valence-corrected chi connectivity index (χ4v) is 2.99. The molecule has 0 radical (unpaired) electrons. The topological polar surface area (TPSA) is 23.6 Å². The van der Waals surface area contributed by atoms with E-state index in [-0.39, 0.29) is 24.1 Å². The minimum atomic E-state index is -4.59. The van der Waals surface area contributed by atoms with Crippen LogP contribution in [-0.4, -0.2) is 41.9 Å². The summed E-state index contributed by atoms with van der Waals surface area (Å²) in [6.45, 7) is 3.23. The Hall–Kier alpha value is -1.63. The number of likely N-dealkylation sites (N-methyl/N-ethyl adjacent to an activating group) is 1. The Morgan fingerprint density at radius 3 is 2.54 bits per heavy atom. The van der Waals surface area contributed by atoms with E-state index in [1.165, 1.54) is 0 Å². The van der Waals surface area contributed by atoms with Gasteiger partial charge in [-0.25, -0.2) is 4.39 Å². The Morgan fingerprint density at radius 1 is 1.21 bits per heavy atom. The molecule has 0 aliphatic carbocycles. The van der Waals surface area contributed by atoms with Crippen molar-refractivity contribution in [3.63, 3.8) is 0 Å². The molecule has 3 nitrogen and oxygen atoms in total. The number of hydrogen-bond donors (Lipinski definition) is 0. The lowest BCUT2D eigenvalue weighted by Gasteiger charge is -2.39. The summed E-state index contributed by atoms with van der Waals surface area (Å²) in [5, 5.41) is 0. The number of nitrogens with zero attached hydrogens (tertiary/aromatic N) is 2. The van der Waals surface area contributed by atoms with E-state index in [4.69, 9.17) is 0 Å². The third-order valence-electron chi connectivity index (χ3n) is 4.33. The van der Waals surface area contributed by atoms with E-state index >= 15 is 0 Å². The minimum absolute atomic E-state index is 0.0258. The molecular formula is C17H22F4N2O. The third-order valence-corrected chi connectivity index (χ3v) is 4.33. The van der Waals surface area contributed by atoms with Gasteiger partial charge in [0.15, 0.2) is 0 Å². The summed E-state index contributed by atoms with van der Waals surface area (Å²) in [5.41, 5.74) is -0.760. The van der Waals surface area contributed by atoms with Gasteiger partial charge in [-0.1, -0.05) is 19.8 Å². The summed E-state index contributed by atoms with van der Waals surface area (Å²) in [6.07, 6.45) is -2.14. The van der Waals surface area contributed by atoms with Gasteiger partial charge in [-0.2, -0.15) is 13.2 Å². The fourth-order valence-electron chi connectivity index (χ4n) is 2.99. The third kappa shape index (κ3) is 4.47. The molecule has 7 heteroatoms. The maximum atomic E-state index is 13.6. The minimum Gasteiger partial charge on any atom is -0.343 e. The number of halogens is 4. The Bertz CT molecular complexity index is 588. The van der Waals surface area contributed by atoms with Gasteiger partial charge in [-0.05, 0) is 30.2 Å². The first kappa shape index (κ1) is 18.7. The predicted molar refractivity (Wildman–Crippen MR) is 82.8 cm³/mol. The van der Waals surface area contributed by atoms with Crippen LogP contribution in [0.15, 0.2) is 18.2 Å². The second kappa shape index (κ2) is 7.51. The van der Waals surface area contributed by atoms with E-state index in [1.54, 1.807) is 11.9 Å². The number of hydrogen-bond acceptors (Lipinski definition) is 2. The lowest BCUT2D eigenvalue weighted by atomic mass is 10.0. The van der Waals surface area contributed by atoms with E-state index in [1.807, 2.05) is 11.8 Å². The first-order valence-electron chi connectivity index (χ1n) is 8.08. The monoisotopic (exact) mass is 346 g/mol. The maximum Gasteiger partial charge on any atom is 0.416 e. The van der Waals surface area contributed by atoms with Crippen molar-refractivity contribution >= 4 is 5.91 Å². The lowest BCUT2D eigenvalue weighted by molar-refractivity contribution is -0.141. The standard InChI is InChI=1S/C17H22F4N2O/c1-3-4-5-15-16(24)22(2)6-7-23(15)11-12-8-13(17(19,20)21)10-14(18)9-12/h8-10,15H,3-7,11H2,1-2H3/t15-/m0/s1. The summed E-state index contributed by atoms with van der Waals surface area (Å²) in [5.74, 6) is -0.937. The molecule has 1 heterocycles. The number of carbonyl (C=O) groups is 1. The molecule has 1 aromatic carbocycles. The van der Waals surface area contributed by atoms with Crippen molar-refractivity contribution < 1.29 is 22.4 Å². The van der Waals surface area contributed by atoms with Crippen LogP contribution >= 0.6 is 0 Å². The van der Waals surface area contributed by atoms with Gasteiger partial charge in [0.05, 0.1) is 11.6 Å². The molecule has 2 rings (SSSR count). The molecule has 1 aliphatic heterocycles. The normalized spacial score (nSPS) is 19.8. The van der Waals surface area contributed by atoms with Crippen molar-refractivity contribution in [2.24, 2.45) is 0 Å². The molecule has 1 fully saturated rings. The van der Waals surface area contributed by atoms with Crippen molar-refractivity contribution in [2.75, 3.05) is 20.1 Å². The largest absolute Gasteiger partial charge is 0.416 e. The number of carbonyl (C=O) groups excluding carboxylic acids is 1. The molecular weight excluding hydrogens is 324 g/mol. The molecule has 0 saturated carbocycles. The van der Waals surface area contributed by atoms with Gasteiger partial charge in [0, 0.05) is 26.7 Å². The van der Waals surface area contributed by atoms with E-state index < -0.39 is 17.6 Å². The number of alkyl halides is 3. The quantitative estimate of drug-likeness (QED) is 0.760. The zero-order valence-electron chi connectivity index (χ0n) is 13.9. The van der Waals surface area contributed by atoms with Crippen LogP contribution in [0.1, 0.15) is 37.3 Å². The van der Waals surface area contributed by atoms with Crippen LogP contribution < -0.4 is 0 Å². The van der Waals surface area contributed by atoms with Crippen molar-refractivity contribution in [1.29, 1.82) is 0 Å². The van der Waals surface area contributed by atoms with Crippen LogP contribution in [0.5, 0.6) is 0 Å². The predicted octanol–water partition coefficient (Wildman–Crippen LogP) is 3.68. The van der Waals surface area contributed by atoms with Crippen LogP contribution in [-0.2, 0) is 17.5 Å². The van der Waals surface area contributed by atoms with Gasteiger partial charge in [0.2, 0.25) is 5.91 Å². The highest BCUT2D eigenvalue weighted by molar-refractivity contribution is 5.82. The number of rotatable bonds is 5. The summed E-state index contributed by atoms with van der Waals surface area (Å²) >= 11 is 0. The van der Waals surface area contributed by atoms with Crippen LogP contribution in [0.25, 0.3) is 0 Å². The van der Waals surface area contributed by atoms with Crippen molar-refractivity contribution in [3.8, 4) is 0 Å². The summed E-state index contributed by atoms with van der Waals surface area (Å²) in [7, 11) is 1.72. The first-order valence-corrected chi connectivity index (χ1v) is 8.08. The van der Waals surface area contributed by atoms with Crippen molar-refractivity contribution in [2.45, 2.75) is 44.9 Å². The number of benzene rings is 1. The molecule has 0 aromatic heterocycles. The molecule has 1 aliphatic rings. The number of amides is 1. The first-order chi connectivity index (χ1) is 11.2. The van der Waals surface area contributed by atoms with Gasteiger partial charge in [-0.15, -0.1) is 0 Å². The summed E-state index contributed by atoms with van der Waals surface area (Å²) < 4.78 is 52.1. The molecule has 0 unspecified atom stereocenters. The molecule has 1 saturated heterocycles. The highest BCUT2D eigenvalue weighted by atomic mass is 19.4.